The molecule has 0 bridgehead atoms. The van der Waals surface area contributed by atoms with Crippen LogP contribution in [-0.4, -0.2) is 0 Å². The van der Waals surface area contributed by atoms with Gasteiger partial charge in [-0.25, -0.2) is 0 Å². The molecule has 0 unspecified atom stereocenters. The zero-order valence-corrected chi connectivity index (χ0v) is 14.3. The first-order valence-corrected chi connectivity index (χ1v) is 5.96. The van der Waals surface area contributed by atoms with Gasteiger partial charge in [-0.2, -0.15) is 34.2 Å². The van der Waals surface area contributed by atoms with Crippen LogP contribution < -0.4 is 0 Å². The molecule has 1 aromatic rings. The van der Waals surface area contributed by atoms with E-state index < -0.39 is 0 Å². The van der Waals surface area contributed by atoms with Crippen LogP contribution in [0.4, 0.5) is 0 Å². The minimum atomic E-state index is 0. The van der Waals surface area contributed by atoms with Gasteiger partial charge in [0.05, 0.1) is 0 Å². The van der Waals surface area contributed by atoms with Crippen molar-refractivity contribution in [3.8, 4) is 0 Å². The summed E-state index contributed by atoms with van der Waals surface area (Å²) in [6, 6.07) is 0. The van der Waals surface area contributed by atoms with Crippen molar-refractivity contribution in [1.82, 2.24) is 0 Å². The maximum Gasteiger partial charge on any atom is 2.00 e. The van der Waals surface area contributed by atoms with Gasteiger partial charge in [-0.3, -0.25) is 0 Å². The second-order valence-electron chi connectivity index (χ2n) is 4.33. The van der Waals surface area contributed by atoms with Gasteiger partial charge >= 0.3 is 26.2 Å². The molecule has 0 amide bonds. The van der Waals surface area contributed by atoms with E-state index in [1.54, 1.807) is 0 Å². The maximum absolute atomic E-state index is 3.68. The van der Waals surface area contributed by atoms with Gasteiger partial charge in [-0.15, -0.1) is 0 Å². The Bertz CT molecular complexity index is 213. The van der Waals surface area contributed by atoms with Crippen LogP contribution in [0.2, 0.25) is 0 Å². The summed E-state index contributed by atoms with van der Waals surface area (Å²) in [5.41, 5.74) is 7.34. The number of hydrogen-bond donors (Lipinski definition) is 0. The zero-order chi connectivity index (χ0) is 12.0. The molecule has 1 heteroatoms. The van der Waals surface area contributed by atoms with E-state index in [-0.39, 0.29) is 26.2 Å². The largest absolute Gasteiger partial charge is 2.00 e. The molecular formula is C15H26Zr. The van der Waals surface area contributed by atoms with Gasteiger partial charge in [0.15, 0.2) is 0 Å². The molecule has 0 aliphatic carbocycles. The van der Waals surface area contributed by atoms with Gasteiger partial charge < -0.3 is 6.92 Å². The van der Waals surface area contributed by atoms with Crippen molar-refractivity contribution in [2.75, 3.05) is 0 Å². The molecule has 0 saturated carbocycles. The molecule has 0 aliphatic rings. The van der Waals surface area contributed by atoms with E-state index in [0.717, 1.165) is 6.42 Å². The number of hydrogen-bond acceptors (Lipinski definition) is 0. The molecule has 0 spiro atoms. The summed E-state index contributed by atoms with van der Waals surface area (Å²) in [4.78, 5) is 0. The Hall–Kier alpha value is 0.233. The smallest absolute Gasteiger partial charge is 0.343 e. The Morgan fingerprint density at radius 1 is 1.00 bits per heavy atom. The fraction of sp³-hybridized carbons (Fsp3) is 0.600. The summed E-state index contributed by atoms with van der Waals surface area (Å²) in [7, 11) is 0. The molecule has 0 heterocycles. The second kappa shape index (κ2) is 9.28. The Balaban J connectivity index is 0. The summed E-state index contributed by atoms with van der Waals surface area (Å²) >= 11 is 0. The predicted molar refractivity (Wildman–Crippen MR) is 70.6 cm³/mol. The SMILES string of the molecule is Cc1c(C)c(C)[c-](C)c1C.[CH2-]CCCC.[Zr+2]. The molecule has 0 N–H and O–H groups in total. The third-order valence-electron chi connectivity index (χ3n) is 3.42. The first-order chi connectivity index (χ1) is 6.97. The quantitative estimate of drug-likeness (QED) is 0.677. The molecule has 0 atom stereocenters. The van der Waals surface area contributed by atoms with Crippen molar-refractivity contribution in [2.45, 2.75) is 60.8 Å². The summed E-state index contributed by atoms with van der Waals surface area (Å²) in [5, 5.41) is 0. The molecule has 0 aromatic heterocycles. The van der Waals surface area contributed by atoms with Gasteiger partial charge in [0.2, 0.25) is 0 Å². The van der Waals surface area contributed by atoms with Crippen molar-refractivity contribution < 1.29 is 26.2 Å². The van der Waals surface area contributed by atoms with Crippen LogP contribution in [0.3, 0.4) is 0 Å². The molecule has 1 aromatic carbocycles. The van der Waals surface area contributed by atoms with Crippen molar-refractivity contribution in [3.05, 3.63) is 34.7 Å². The molecule has 0 nitrogen and oxygen atoms in total. The van der Waals surface area contributed by atoms with Crippen LogP contribution in [-0.2, 0) is 26.2 Å². The zero-order valence-electron chi connectivity index (χ0n) is 11.8. The molecule has 0 fully saturated rings. The fourth-order valence-corrected chi connectivity index (χ4v) is 1.66. The van der Waals surface area contributed by atoms with Crippen molar-refractivity contribution in [2.24, 2.45) is 0 Å². The fourth-order valence-electron chi connectivity index (χ4n) is 1.66. The second-order valence-corrected chi connectivity index (χ2v) is 4.33. The van der Waals surface area contributed by atoms with Gasteiger partial charge in [0.1, 0.15) is 0 Å². The number of rotatable bonds is 2. The third kappa shape index (κ3) is 5.04. The normalized spacial score (nSPS) is 9.19. The van der Waals surface area contributed by atoms with E-state index in [2.05, 4.69) is 48.5 Å². The molecular weight excluding hydrogens is 271 g/mol. The molecule has 90 valence electrons. The summed E-state index contributed by atoms with van der Waals surface area (Å²) in [5.74, 6) is 0. The van der Waals surface area contributed by atoms with E-state index in [9.17, 15) is 0 Å². The van der Waals surface area contributed by atoms with Gasteiger partial charge in [0.25, 0.3) is 0 Å². The standard InChI is InChI=1S/C10H15.C5H11.Zr/c1-6-7(2)9(4)10(5)8(6)3;1-3-5-4-2;/h1-5H3;1,3-5H2,2H3;/q2*-1;+2. The molecule has 0 saturated heterocycles. The molecule has 1 rings (SSSR count). The van der Waals surface area contributed by atoms with E-state index in [4.69, 9.17) is 0 Å². The molecule has 0 radical (unpaired) electrons. The Morgan fingerprint density at radius 2 is 1.38 bits per heavy atom. The summed E-state index contributed by atoms with van der Waals surface area (Å²) < 4.78 is 0. The maximum atomic E-state index is 3.68. The Kier molecular flexibility index (Phi) is 10.8. The molecule has 0 aliphatic heterocycles. The van der Waals surface area contributed by atoms with Crippen LogP contribution in [0.15, 0.2) is 0 Å². The average molecular weight is 298 g/mol. The average Bonchev–Trinajstić information content (AvgIpc) is 2.39. The van der Waals surface area contributed by atoms with Crippen LogP contribution in [0.5, 0.6) is 0 Å². The van der Waals surface area contributed by atoms with Crippen LogP contribution >= 0.6 is 0 Å². The first kappa shape index (κ1) is 18.6. The van der Waals surface area contributed by atoms with E-state index in [1.165, 1.54) is 40.7 Å². The van der Waals surface area contributed by atoms with Crippen LogP contribution in [0.25, 0.3) is 0 Å². The molecule has 16 heavy (non-hydrogen) atoms. The minimum absolute atomic E-state index is 0. The van der Waals surface area contributed by atoms with E-state index >= 15 is 0 Å². The van der Waals surface area contributed by atoms with Gasteiger partial charge in [-0.1, -0.05) is 54.4 Å². The van der Waals surface area contributed by atoms with Crippen molar-refractivity contribution in [1.29, 1.82) is 0 Å². The predicted octanol–water partition coefficient (Wildman–Crippen LogP) is 4.96. The third-order valence-corrected chi connectivity index (χ3v) is 3.42. The minimum Gasteiger partial charge on any atom is -0.343 e. The van der Waals surface area contributed by atoms with E-state index in [0.29, 0.717) is 0 Å². The first-order valence-electron chi connectivity index (χ1n) is 5.96. The van der Waals surface area contributed by atoms with Gasteiger partial charge in [-0.05, 0) is 0 Å². The summed E-state index contributed by atoms with van der Waals surface area (Å²) in [6.07, 6.45) is 3.65. The Morgan fingerprint density at radius 3 is 1.44 bits per heavy atom. The summed E-state index contributed by atoms with van der Waals surface area (Å²) in [6.45, 7) is 16.8. The van der Waals surface area contributed by atoms with Crippen molar-refractivity contribution in [3.63, 3.8) is 0 Å². The van der Waals surface area contributed by atoms with Gasteiger partial charge in [0, 0.05) is 0 Å². The van der Waals surface area contributed by atoms with Crippen molar-refractivity contribution >= 4 is 0 Å². The van der Waals surface area contributed by atoms with E-state index in [1.807, 2.05) is 0 Å². The monoisotopic (exact) mass is 296 g/mol. The number of unbranched alkanes of at least 4 members (excludes halogenated alkanes) is 2. The van der Waals surface area contributed by atoms with Crippen LogP contribution in [0, 0.1) is 41.5 Å². The van der Waals surface area contributed by atoms with Crippen LogP contribution in [0.1, 0.15) is 54.0 Å². The topological polar surface area (TPSA) is 0 Å². The Labute approximate surface area is 121 Å².